The number of nitrogens with one attached hydrogen (secondary N) is 2. The normalized spacial score (nSPS) is 16.2. The number of hydrogen-bond acceptors (Lipinski definition) is 3. The van der Waals surface area contributed by atoms with Crippen LogP contribution in [0.3, 0.4) is 0 Å². The summed E-state index contributed by atoms with van der Waals surface area (Å²) in [5.41, 5.74) is 0. The Morgan fingerprint density at radius 1 is 1.20 bits per heavy atom. The van der Waals surface area contributed by atoms with E-state index in [0.29, 0.717) is 6.04 Å². The maximum Gasteiger partial charge on any atom is 0.191 e. The second-order valence-electron chi connectivity index (χ2n) is 7.14. The van der Waals surface area contributed by atoms with Crippen molar-refractivity contribution < 1.29 is 0 Å². The van der Waals surface area contributed by atoms with Gasteiger partial charge >= 0.3 is 0 Å². The number of aliphatic imine (C=N–C) groups is 1. The molecule has 0 spiro atoms. The van der Waals surface area contributed by atoms with E-state index in [1.807, 2.05) is 7.05 Å². The van der Waals surface area contributed by atoms with E-state index in [1.165, 1.54) is 50.8 Å². The maximum atomic E-state index is 4.41. The highest BCUT2D eigenvalue weighted by Crippen LogP contribution is 2.15. The van der Waals surface area contributed by atoms with Gasteiger partial charge in [0, 0.05) is 39.0 Å². The van der Waals surface area contributed by atoms with Crippen LogP contribution in [0.1, 0.15) is 76.9 Å². The summed E-state index contributed by atoms with van der Waals surface area (Å²) >= 11 is 0. The molecule has 6 nitrogen and oxygen atoms in total. The third kappa shape index (κ3) is 6.67. The fraction of sp³-hybridized carbons (Fsp3) is 0.842. The van der Waals surface area contributed by atoms with Gasteiger partial charge in [-0.1, -0.05) is 32.6 Å². The van der Waals surface area contributed by atoms with Gasteiger partial charge in [-0.25, -0.2) is 0 Å². The monoisotopic (exact) mass is 348 g/mol. The van der Waals surface area contributed by atoms with Gasteiger partial charge in [-0.2, -0.15) is 0 Å². The highest BCUT2D eigenvalue weighted by atomic mass is 15.3. The van der Waals surface area contributed by atoms with Crippen molar-refractivity contribution in [3.63, 3.8) is 0 Å². The van der Waals surface area contributed by atoms with Gasteiger partial charge in [0.05, 0.1) is 0 Å². The van der Waals surface area contributed by atoms with E-state index in [0.717, 1.165) is 44.1 Å². The lowest BCUT2D eigenvalue weighted by Crippen LogP contribution is -2.42. The molecule has 142 valence electrons. The first kappa shape index (κ1) is 19.7. The van der Waals surface area contributed by atoms with Gasteiger partial charge in [0.15, 0.2) is 5.96 Å². The van der Waals surface area contributed by atoms with Crippen LogP contribution in [0.15, 0.2) is 4.99 Å². The lowest BCUT2D eigenvalue weighted by Gasteiger charge is -2.17. The zero-order valence-corrected chi connectivity index (χ0v) is 16.4. The summed E-state index contributed by atoms with van der Waals surface area (Å²) in [4.78, 5) is 4.33. The van der Waals surface area contributed by atoms with Gasteiger partial charge in [-0.15, -0.1) is 10.2 Å². The van der Waals surface area contributed by atoms with Crippen molar-refractivity contribution in [2.24, 2.45) is 4.99 Å². The van der Waals surface area contributed by atoms with Crippen molar-refractivity contribution in [2.75, 3.05) is 13.6 Å². The Morgan fingerprint density at radius 2 is 2.08 bits per heavy atom. The molecule has 1 aliphatic heterocycles. The molecule has 0 saturated heterocycles. The summed E-state index contributed by atoms with van der Waals surface area (Å²) in [5.74, 6) is 3.23. The van der Waals surface area contributed by atoms with Crippen LogP contribution in [-0.4, -0.2) is 40.4 Å². The van der Waals surface area contributed by atoms with Crippen molar-refractivity contribution in [3.05, 3.63) is 11.6 Å². The number of nitrogens with zero attached hydrogens (tertiary/aromatic N) is 4. The molecule has 2 N–H and O–H groups in total. The van der Waals surface area contributed by atoms with Crippen molar-refractivity contribution in [3.8, 4) is 0 Å². The largest absolute Gasteiger partial charge is 0.356 e. The van der Waals surface area contributed by atoms with Crippen molar-refractivity contribution in [1.29, 1.82) is 0 Å². The third-order valence-corrected chi connectivity index (χ3v) is 4.90. The highest BCUT2D eigenvalue weighted by molar-refractivity contribution is 5.79. The number of fused-ring (bicyclic) bond motifs is 1. The number of aromatic nitrogens is 3. The first-order valence-corrected chi connectivity index (χ1v) is 10.1. The number of hydrogen-bond donors (Lipinski definition) is 2. The van der Waals surface area contributed by atoms with Crippen LogP contribution in [-0.2, 0) is 19.4 Å². The minimum atomic E-state index is 0.463. The molecule has 0 bridgehead atoms. The number of guanidine groups is 1. The van der Waals surface area contributed by atoms with Gasteiger partial charge in [-0.05, 0) is 32.6 Å². The fourth-order valence-electron chi connectivity index (χ4n) is 3.38. The molecule has 0 aromatic carbocycles. The molecule has 0 radical (unpaired) electrons. The first-order chi connectivity index (χ1) is 12.2. The molecule has 2 rings (SSSR count). The van der Waals surface area contributed by atoms with Gasteiger partial charge < -0.3 is 15.2 Å². The second-order valence-corrected chi connectivity index (χ2v) is 7.14. The van der Waals surface area contributed by atoms with E-state index in [4.69, 9.17) is 0 Å². The molecule has 1 aromatic heterocycles. The van der Waals surface area contributed by atoms with Crippen LogP contribution in [0.2, 0.25) is 0 Å². The van der Waals surface area contributed by atoms with Gasteiger partial charge in [-0.3, -0.25) is 4.99 Å². The molecule has 6 heteroatoms. The predicted molar refractivity (Wildman–Crippen MR) is 104 cm³/mol. The van der Waals surface area contributed by atoms with Gasteiger partial charge in [0.25, 0.3) is 0 Å². The smallest absolute Gasteiger partial charge is 0.191 e. The summed E-state index contributed by atoms with van der Waals surface area (Å²) in [6.45, 7) is 6.47. The van der Waals surface area contributed by atoms with Crippen LogP contribution in [0, 0.1) is 0 Å². The third-order valence-electron chi connectivity index (χ3n) is 4.90. The molecule has 1 atom stereocenters. The lowest BCUT2D eigenvalue weighted by atomic mass is 10.1. The lowest BCUT2D eigenvalue weighted by molar-refractivity contribution is 0.545. The molecule has 0 amide bonds. The van der Waals surface area contributed by atoms with Crippen molar-refractivity contribution in [1.82, 2.24) is 25.4 Å². The van der Waals surface area contributed by atoms with E-state index in [1.54, 1.807) is 0 Å². The highest BCUT2D eigenvalue weighted by Gasteiger charge is 2.14. The Kier molecular flexibility index (Phi) is 8.77. The fourth-order valence-corrected chi connectivity index (χ4v) is 3.38. The molecular formula is C19H36N6. The van der Waals surface area contributed by atoms with E-state index in [-0.39, 0.29) is 0 Å². The Morgan fingerprint density at radius 3 is 2.88 bits per heavy atom. The number of unbranched alkanes of at least 4 members (excludes halogenated alkanes) is 2. The van der Waals surface area contributed by atoms with Crippen molar-refractivity contribution >= 4 is 5.96 Å². The molecule has 0 fully saturated rings. The molecule has 1 aliphatic rings. The molecular weight excluding hydrogens is 312 g/mol. The minimum absolute atomic E-state index is 0.463. The zero-order valence-electron chi connectivity index (χ0n) is 16.4. The molecule has 2 heterocycles. The van der Waals surface area contributed by atoms with Crippen molar-refractivity contribution in [2.45, 2.75) is 90.6 Å². The molecule has 1 unspecified atom stereocenters. The van der Waals surface area contributed by atoms with Gasteiger partial charge in [0.2, 0.25) is 0 Å². The maximum absolute atomic E-state index is 4.41. The summed E-state index contributed by atoms with van der Waals surface area (Å²) in [7, 11) is 1.84. The molecule has 0 saturated carbocycles. The zero-order chi connectivity index (χ0) is 17.9. The molecule has 25 heavy (non-hydrogen) atoms. The SMILES string of the molecule is CCCCCC(C)NC(=NC)NCCCc1nnc2n1CCCCC2. The second kappa shape index (κ2) is 11.1. The number of rotatable bonds is 9. The average Bonchev–Trinajstić information content (AvgIpc) is 2.84. The van der Waals surface area contributed by atoms with E-state index >= 15 is 0 Å². The molecule has 1 aromatic rings. The van der Waals surface area contributed by atoms with E-state index in [2.05, 4.69) is 44.2 Å². The Bertz CT molecular complexity index is 522. The Balaban J connectivity index is 1.68. The topological polar surface area (TPSA) is 67.1 Å². The summed E-state index contributed by atoms with van der Waals surface area (Å²) < 4.78 is 2.34. The van der Waals surface area contributed by atoms with Crippen LogP contribution in [0.25, 0.3) is 0 Å². The number of aryl methyl sites for hydroxylation is 2. The van der Waals surface area contributed by atoms with Crippen LogP contribution in [0.4, 0.5) is 0 Å². The Hall–Kier alpha value is -1.59. The summed E-state index contributed by atoms with van der Waals surface area (Å²) in [6.07, 6.45) is 12.0. The van der Waals surface area contributed by atoms with Crippen LogP contribution in [0.5, 0.6) is 0 Å². The van der Waals surface area contributed by atoms with Crippen LogP contribution >= 0.6 is 0 Å². The molecule has 0 aliphatic carbocycles. The first-order valence-electron chi connectivity index (χ1n) is 10.1. The standard InChI is InChI=1S/C19H36N6/c1-4-5-7-11-16(2)22-19(20-3)21-14-10-13-18-24-23-17-12-8-6-9-15-25(17)18/h16H,4-15H2,1-3H3,(H2,20,21,22). The minimum Gasteiger partial charge on any atom is -0.356 e. The summed E-state index contributed by atoms with van der Waals surface area (Å²) in [5, 5.41) is 15.7. The average molecular weight is 349 g/mol. The van der Waals surface area contributed by atoms with E-state index < -0.39 is 0 Å². The Labute approximate surface area is 152 Å². The van der Waals surface area contributed by atoms with Crippen LogP contribution < -0.4 is 10.6 Å². The van der Waals surface area contributed by atoms with Gasteiger partial charge in [0.1, 0.15) is 11.6 Å². The quantitative estimate of drug-likeness (QED) is 0.409. The van der Waals surface area contributed by atoms with E-state index in [9.17, 15) is 0 Å². The predicted octanol–water partition coefficient (Wildman–Crippen LogP) is 3.07. The summed E-state index contributed by atoms with van der Waals surface area (Å²) in [6, 6.07) is 0.463.